The molecule has 1 heterocycles. The van der Waals surface area contributed by atoms with Gasteiger partial charge >= 0.3 is 0 Å². The maximum absolute atomic E-state index is 5.65. The fraction of sp³-hybridized carbons (Fsp3) is 1.00. The first-order chi connectivity index (χ1) is 8.33. The van der Waals surface area contributed by atoms with E-state index in [4.69, 9.17) is 14.2 Å². The highest BCUT2D eigenvalue weighted by atomic mass is 16.5. The number of nitrogens with zero attached hydrogens (tertiary/aromatic N) is 1. The van der Waals surface area contributed by atoms with Crippen molar-refractivity contribution in [3.05, 3.63) is 0 Å². The Hall–Kier alpha value is -0.200. The summed E-state index contributed by atoms with van der Waals surface area (Å²) in [6.07, 6.45) is 1.29. The summed E-state index contributed by atoms with van der Waals surface area (Å²) in [5, 5.41) is 3.36. The Kier molecular flexibility index (Phi) is 8.56. The van der Waals surface area contributed by atoms with E-state index < -0.39 is 0 Å². The van der Waals surface area contributed by atoms with E-state index in [0.717, 1.165) is 59.0 Å². The summed E-state index contributed by atoms with van der Waals surface area (Å²) in [5.74, 6) is 0. The van der Waals surface area contributed by atoms with Gasteiger partial charge in [-0.2, -0.15) is 0 Å². The van der Waals surface area contributed by atoms with Crippen LogP contribution in [0.3, 0.4) is 0 Å². The largest absolute Gasteiger partial charge is 0.385 e. The molecule has 1 atom stereocenters. The molecule has 0 saturated carbocycles. The SMILES string of the molecule is COCCCOCCNCC1CN(C)CCO1. The van der Waals surface area contributed by atoms with Gasteiger partial charge in [-0.1, -0.05) is 0 Å². The number of ether oxygens (including phenoxy) is 3. The molecule has 1 saturated heterocycles. The van der Waals surface area contributed by atoms with E-state index >= 15 is 0 Å². The van der Waals surface area contributed by atoms with Crippen LogP contribution in [0.4, 0.5) is 0 Å². The van der Waals surface area contributed by atoms with Gasteiger partial charge in [0.25, 0.3) is 0 Å². The number of hydrogen-bond acceptors (Lipinski definition) is 5. The number of methoxy groups -OCH3 is 1. The average Bonchev–Trinajstić information content (AvgIpc) is 2.33. The normalized spacial score (nSPS) is 21.9. The first kappa shape index (κ1) is 14.9. The smallest absolute Gasteiger partial charge is 0.0826 e. The Bertz CT molecular complexity index is 181. The van der Waals surface area contributed by atoms with Crippen molar-refractivity contribution >= 4 is 0 Å². The van der Waals surface area contributed by atoms with Gasteiger partial charge in [-0.25, -0.2) is 0 Å². The lowest BCUT2D eigenvalue weighted by Crippen LogP contribution is -2.45. The number of hydrogen-bond donors (Lipinski definition) is 1. The zero-order chi connectivity index (χ0) is 12.3. The highest BCUT2D eigenvalue weighted by Gasteiger charge is 2.16. The van der Waals surface area contributed by atoms with E-state index in [0.29, 0.717) is 6.10 Å². The molecule has 0 radical (unpaired) electrons. The monoisotopic (exact) mass is 246 g/mol. The Morgan fingerprint density at radius 2 is 2.24 bits per heavy atom. The molecule has 0 aromatic carbocycles. The summed E-state index contributed by atoms with van der Waals surface area (Å²) >= 11 is 0. The lowest BCUT2D eigenvalue weighted by molar-refractivity contribution is -0.0187. The second-order valence-corrected chi connectivity index (χ2v) is 4.42. The maximum Gasteiger partial charge on any atom is 0.0826 e. The Labute approximate surface area is 104 Å². The molecule has 1 aliphatic heterocycles. The maximum atomic E-state index is 5.65. The quantitative estimate of drug-likeness (QED) is 0.578. The highest BCUT2D eigenvalue weighted by Crippen LogP contribution is 2.01. The van der Waals surface area contributed by atoms with Crippen molar-refractivity contribution < 1.29 is 14.2 Å². The minimum Gasteiger partial charge on any atom is -0.385 e. The van der Waals surface area contributed by atoms with Crippen molar-refractivity contribution in [2.75, 3.05) is 66.8 Å². The minimum absolute atomic E-state index is 0.322. The van der Waals surface area contributed by atoms with Crippen LogP contribution in [0.5, 0.6) is 0 Å². The lowest BCUT2D eigenvalue weighted by atomic mass is 10.3. The van der Waals surface area contributed by atoms with E-state index in [1.807, 2.05) is 0 Å². The predicted octanol–water partition coefficient (Wildman–Crippen LogP) is -0.0403. The van der Waals surface area contributed by atoms with Crippen LogP contribution in [0, 0.1) is 0 Å². The molecular weight excluding hydrogens is 220 g/mol. The van der Waals surface area contributed by atoms with Crippen molar-refractivity contribution in [2.24, 2.45) is 0 Å². The molecule has 1 fully saturated rings. The molecule has 5 nitrogen and oxygen atoms in total. The average molecular weight is 246 g/mol. The van der Waals surface area contributed by atoms with Gasteiger partial charge in [0.1, 0.15) is 0 Å². The molecule has 0 amide bonds. The third kappa shape index (κ3) is 7.68. The van der Waals surface area contributed by atoms with Crippen LogP contribution in [-0.2, 0) is 14.2 Å². The molecular formula is C12H26N2O3. The number of nitrogens with one attached hydrogen (secondary N) is 1. The molecule has 0 aromatic heterocycles. The van der Waals surface area contributed by atoms with Crippen LogP contribution in [-0.4, -0.2) is 77.8 Å². The van der Waals surface area contributed by atoms with Crippen LogP contribution < -0.4 is 5.32 Å². The van der Waals surface area contributed by atoms with E-state index in [9.17, 15) is 0 Å². The topological polar surface area (TPSA) is 43.0 Å². The van der Waals surface area contributed by atoms with E-state index in [-0.39, 0.29) is 0 Å². The second-order valence-electron chi connectivity index (χ2n) is 4.42. The van der Waals surface area contributed by atoms with Crippen LogP contribution in [0.1, 0.15) is 6.42 Å². The van der Waals surface area contributed by atoms with Crippen LogP contribution >= 0.6 is 0 Å². The summed E-state index contributed by atoms with van der Waals surface area (Å²) in [5.41, 5.74) is 0. The van der Waals surface area contributed by atoms with Crippen LogP contribution in [0.15, 0.2) is 0 Å². The molecule has 1 unspecified atom stereocenters. The molecule has 102 valence electrons. The number of morpholine rings is 1. The van der Waals surface area contributed by atoms with Gasteiger partial charge in [0, 0.05) is 46.5 Å². The molecule has 0 aromatic rings. The van der Waals surface area contributed by atoms with Gasteiger partial charge in [0.15, 0.2) is 0 Å². The standard InChI is InChI=1S/C12H26N2O3/c1-14-5-9-17-12(11-14)10-13-4-8-16-7-3-6-15-2/h12-13H,3-11H2,1-2H3. The third-order valence-corrected chi connectivity index (χ3v) is 2.77. The van der Waals surface area contributed by atoms with Crippen LogP contribution in [0.2, 0.25) is 0 Å². The van der Waals surface area contributed by atoms with Gasteiger partial charge in [-0.15, -0.1) is 0 Å². The Morgan fingerprint density at radius 1 is 1.35 bits per heavy atom. The number of likely N-dealkylation sites (N-methyl/N-ethyl adjacent to an activating group) is 1. The first-order valence-electron chi connectivity index (χ1n) is 6.40. The zero-order valence-corrected chi connectivity index (χ0v) is 11.1. The van der Waals surface area contributed by atoms with E-state index in [1.54, 1.807) is 7.11 Å². The Balaban J connectivity index is 1.83. The van der Waals surface area contributed by atoms with Crippen molar-refractivity contribution in [3.8, 4) is 0 Å². The molecule has 5 heteroatoms. The summed E-state index contributed by atoms with van der Waals surface area (Å²) < 4.78 is 16.0. The summed E-state index contributed by atoms with van der Waals surface area (Å²) in [7, 11) is 3.84. The van der Waals surface area contributed by atoms with E-state index in [1.165, 1.54) is 0 Å². The van der Waals surface area contributed by atoms with Gasteiger partial charge in [-0.05, 0) is 13.5 Å². The van der Waals surface area contributed by atoms with Crippen molar-refractivity contribution in [3.63, 3.8) is 0 Å². The lowest BCUT2D eigenvalue weighted by Gasteiger charge is -2.30. The molecule has 0 aliphatic carbocycles. The molecule has 1 aliphatic rings. The molecule has 0 spiro atoms. The van der Waals surface area contributed by atoms with Crippen LogP contribution in [0.25, 0.3) is 0 Å². The summed E-state index contributed by atoms with van der Waals surface area (Å²) in [6, 6.07) is 0. The third-order valence-electron chi connectivity index (χ3n) is 2.77. The zero-order valence-electron chi connectivity index (χ0n) is 11.1. The second kappa shape index (κ2) is 9.79. The fourth-order valence-electron chi connectivity index (χ4n) is 1.81. The first-order valence-corrected chi connectivity index (χ1v) is 6.40. The summed E-state index contributed by atoms with van der Waals surface area (Å²) in [6.45, 7) is 7.00. The number of rotatable bonds is 9. The predicted molar refractivity (Wildman–Crippen MR) is 67.4 cm³/mol. The van der Waals surface area contributed by atoms with Gasteiger partial charge in [0.2, 0.25) is 0 Å². The molecule has 17 heavy (non-hydrogen) atoms. The van der Waals surface area contributed by atoms with Gasteiger partial charge in [0.05, 0.1) is 19.3 Å². The van der Waals surface area contributed by atoms with Gasteiger partial charge < -0.3 is 24.4 Å². The highest BCUT2D eigenvalue weighted by molar-refractivity contribution is 4.70. The van der Waals surface area contributed by atoms with Gasteiger partial charge in [-0.3, -0.25) is 0 Å². The molecule has 0 bridgehead atoms. The summed E-state index contributed by atoms with van der Waals surface area (Å²) in [4.78, 5) is 2.30. The molecule has 1 rings (SSSR count). The van der Waals surface area contributed by atoms with E-state index in [2.05, 4.69) is 17.3 Å². The van der Waals surface area contributed by atoms with Crippen molar-refractivity contribution in [2.45, 2.75) is 12.5 Å². The molecule has 1 N–H and O–H groups in total. The Morgan fingerprint density at radius 3 is 3.00 bits per heavy atom. The van der Waals surface area contributed by atoms with Crippen molar-refractivity contribution in [1.82, 2.24) is 10.2 Å². The fourth-order valence-corrected chi connectivity index (χ4v) is 1.81. The van der Waals surface area contributed by atoms with Crippen molar-refractivity contribution in [1.29, 1.82) is 0 Å². The minimum atomic E-state index is 0.322.